The SMILES string of the molecule is CCCC1CCC(C(=O)O)C(CCS(=O)(=O)C(C)(C)C)C1. The van der Waals surface area contributed by atoms with E-state index in [1.807, 2.05) is 0 Å². The molecule has 1 N–H and O–H groups in total. The van der Waals surface area contributed by atoms with Gasteiger partial charge < -0.3 is 5.11 Å². The van der Waals surface area contributed by atoms with Crippen LogP contribution in [0.5, 0.6) is 0 Å². The maximum atomic E-state index is 12.2. The number of aliphatic carboxylic acids is 1. The zero-order valence-electron chi connectivity index (χ0n) is 13.8. The van der Waals surface area contributed by atoms with Crippen LogP contribution in [0.4, 0.5) is 0 Å². The van der Waals surface area contributed by atoms with Gasteiger partial charge in [-0.3, -0.25) is 4.79 Å². The first-order valence-electron chi connectivity index (χ1n) is 8.03. The van der Waals surface area contributed by atoms with Gasteiger partial charge in [-0.2, -0.15) is 0 Å². The van der Waals surface area contributed by atoms with Gasteiger partial charge in [0.25, 0.3) is 0 Å². The molecular formula is C16H30O4S. The van der Waals surface area contributed by atoms with E-state index in [4.69, 9.17) is 0 Å². The summed E-state index contributed by atoms with van der Waals surface area (Å²) in [5, 5.41) is 9.36. The lowest BCUT2D eigenvalue weighted by Crippen LogP contribution is -2.35. The Labute approximate surface area is 129 Å². The van der Waals surface area contributed by atoms with Crippen LogP contribution in [0.3, 0.4) is 0 Å². The van der Waals surface area contributed by atoms with Gasteiger partial charge in [0.05, 0.1) is 16.4 Å². The lowest BCUT2D eigenvalue weighted by Gasteiger charge is -2.34. The second-order valence-electron chi connectivity index (χ2n) is 7.39. The number of rotatable bonds is 6. The first-order valence-corrected chi connectivity index (χ1v) is 9.68. The summed E-state index contributed by atoms with van der Waals surface area (Å²) in [6.07, 6.45) is 5.24. The van der Waals surface area contributed by atoms with E-state index in [9.17, 15) is 18.3 Å². The van der Waals surface area contributed by atoms with Crippen molar-refractivity contribution in [3.63, 3.8) is 0 Å². The van der Waals surface area contributed by atoms with Gasteiger partial charge in [-0.25, -0.2) is 8.42 Å². The number of carboxylic acid groups (broad SMARTS) is 1. The molecule has 0 heterocycles. The second-order valence-corrected chi connectivity index (χ2v) is 10.3. The summed E-state index contributed by atoms with van der Waals surface area (Å²) in [5.41, 5.74) is 0. The Balaban J connectivity index is 2.73. The van der Waals surface area contributed by atoms with Crippen LogP contribution in [-0.4, -0.2) is 30.0 Å². The van der Waals surface area contributed by atoms with Crippen LogP contribution in [0.1, 0.15) is 66.2 Å². The summed E-state index contributed by atoms with van der Waals surface area (Å²) < 4.78 is 23.7. The Kier molecular flexibility index (Phi) is 6.26. The quantitative estimate of drug-likeness (QED) is 0.813. The summed E-state index contributed by atoms with van der Waals surface area (Å²) >= 11 is 0. The molecule has 1 rings (SSSR count). The van der Waals surface area contributed by atoms with Crippen LogP contribution >= 0.6 is 0 Å². The molecule has 0 aliphatic heterocycles. The fraction of sp³-hybridized carbons (Fsp3) is 0.938. The number of hydrogen-bond acceptors (Lipinski definition) is 3. The average molecular weight is 318 g/mol. The van der Waals surface area contributed by atoms with Crippen molar-refractivity contribution >= 4 is 15.8 Å². The molecule has 0 aromatic heterocycles. The third kappa shape index (κ3) is 4.97. The van der Waals surface area contributed by atoms with Crippen molar-refractivity contribution in [2.24, 2.45) is 17.8 Å². The van der Waals surface area contributed by atoms with Crippen molar-refractivity contribution in [1.29, 1.82) is 0 Å². The van der Waals surface area contributed by atoms with E-state index in [-0.39, 0.29) is 17.6 Å². The maximum absolute atomic E-state index is 12.2. The standard InChI is InChI=1S/C16H30O4S/c1-5-6-12-7-8-14(15(17)18)13(11-12)9-10-21(19,20)16(2,3)4/h12-14H,5-11H2,1-4H3,(H,17,18). The topological polar surface area (TPSA) is 71.4 Å². The van der Waals surface area contributed by atoms with Crippen molar-refractivity contribution in [1.82, 2.24) is 0 Å². The first-order chi connectivity index (χ1) is 9.58. The predicted molar refractivity (Wildman–Crippen MR) is 85.0 cm³/mol. The third-order valence-electron chi connectivity index (χ3n) is 4.80. The summed E-state index contributed by atoms with van der Waals surface area (Å²) in [4.78, 5) is 11.4. The van der Waals surface area contributed by atoms with Gasteiger partial charge in [0.15, 0.2) is 9.84 Å². The molecule has 0 aromatic carbocycles. The second kappa shape index (κ2) is 7.12. The first kappa shape index (κ1) is 18.5. The molecular weight excluding hydrogens is 288 g/mol. The van der Waals surface area contributed by atoms with E-state index in [1.54, 1.807) is 20.8 Å². The van der Waals surface area contributed by atoms with E-state index in [1.165, 1.54) is 0 Å². The Morgan fingerprint density at radius 1 is 1.19 bits per heavy atom. The number of hydrogen-bond donors (Lipinski definition) is 1. The molecule has 21 heavy (non-hydrogen) atoms. The number of sulfone groups is 1. The number of carbonyl (C=O) groups is 1. The monoisotopic (exact) mass is 318 g/mol. The highest BCUT2D eigenvalue weighted by Crippen LogP contribution is 2.38. The van der Waals surface area contributed by atoms with E-state index >= 15 is 0 Å². The van der Waals surface area contributed by atoms with Crippen molar-refractivity contribution in [3.05, 3.63) is 0 Å². The summed E-state index contributed by atoms with van der Waals surface area (Å²) in [6, 6.07) is 0. The van der Waals surface area contributed by atoms with Gasteiger partial charge in [-0.1, -0.05) is 19.8 Å². The normalized spacial score (nSPS) is 27.5. The summed E-state index contributed by atoms with van der Waals surface area (Å²) in [6.45, 7) is 7.26. The highest BCUT2D eigenvalue weighted by atomic mass is 32.2. The zero-order chi connectivity index (χ0) is 16.3. The molecule has 1 saturated carbocycles. The van der Waals surface area contributed by atoms with Crippen molar-refractivity contribution in [2.75, 3.05) is 5.75 Å². The molecule has 3 atom stereocenters. The van der Waals surface area contributed by atoms with Crippen LogP contribution in [0.25, 0.3) is 0 Å². The molecule has 3 unspecified atom stereocenters. The minimum absolute atomic E-state index is 0.00456. The van der Waals surface area contributed by atoms with Crippen molar-refractivity contribution < 1.29 is 18.3 Å². The fourth-order valence-corrected chi connectivity index (χ4v) is 4.51. The summed E-state index contributed by atoms with van der Waals surface area (Å²) in [5.74, 6) is -0.460. The zero-order valence-corrected chi connectivity index (χ0v) is 14.6. The van der Waals surface area contributed by atoms with Gasteiger partial charge >= 0.3 is 5.97 Å². The Morgan fingerprint density at radius 3 is 2.29 bits per heavy atom. The van der Waals surface area contributed by atoms with Crippen LogP contribution in [0, 0.1) is 17.8 Å². The predicted octanol–water partition coefficient (Wildman–Crippen LogP) is 3.51. The molecule has 1 fully saturated rings. The minimum atomic E-state index is -3.17. The van der Waals surface area contributed by atoms with Crippen molar-refractivity contribution in [2.45, 2.75) is 71.0 Å². The van der Waals surface area contributed by atoms with Crippen molar-refractivity contribution in [3.8, 4) is 0 Å². The summed E-state index contributed by atoms with van der Waals surface area (Å²) in [7, 11) is -3.17. The molecule has 0 amide bonds. The molecule has 0 aromatic rings. The Hall–Kier alpha value is -0.580. The smallest absolute Gasteiger partial charge is 0.306 e. The molecule has 4 nitrogen and oxygen atoms in total. The fourth-order valence-electron chi connectivity index (χ4n) is 3.29. The van der Waals surface area contributed by atoms with E-state index in [2.05, 4.69) is 6.92 Å². The van der Waals surface area contributed by atoms with Gasteiger partial charge in [0.1, 0.15) is 0 Å². The van der Waals surface area contributed by atoms with E-state index in [0.717, 1.165) is 25.7 Å². The maximum Gasteiger partial charge on any atom is 0.306 e. The molecule has 5 heteroatoms. The minimum Gasteiger partial charge on any atom is -0.481 e. The largest absolute Gasteiger partial charge is 0.481 e. The van der Waals surface area contributed by atoms with Gasteiger partial charge in [-0.05, 0) is 58.3 Å². The molecule has 124 valence electrons. The molecule has 0 radical (unpaired) electrons. The van der Waals surface area contributed by atoms with E-state index in [0.29, 0.717) is 18.8 Å². The Bertz CT molecular complexity index is 447. The van der Waals surface area contributed by atoms with Gasteiger partial charge in [-0.15, -0.1) is 0 Å². The lowest BCUT2D eigenvalue weighted by atomic mass is 9.72. The molecule has 0 spiro atoms. The Morgan fingerprint density at radius 2 is 1.81 bits per heavy atom. The van der Waals surface area contributed by atoms with Crippen LogP contribution < -0.4 is 0 Å². The third-order valence-corrected chi connectivity index (χ3v) is 7.43. The molecule has 0 bridgehead atoms. The molecule has 1 aliphatic rings. The molecule has 1 aliphatic carbocycles. The molecule has 0 saturated heterocycles. The highest BCUT2D eigenvalue weighted by molar-refractivity contribution is 7.92. The van der Waals surface area contributed by atoms with Gasteiger partial charge in [0.2, 0.25) is 0 Å². The van der Waals surface area contributed by atoms with E-state index < -0.39 is 20.6 Å². The van der Waals surface area contributed by atoms with Gasteiger partial charge in [0, 0.05) is 0 Å². The highest BCUT2D eigenvalue weighted by Gasteiger charge is 2.37. The lowest BCUT2D eigenvalue weighted by molar-refractivity contribution is -0.145. The van der Waals surface area contributed by atoms with Crippen LogP contribution in [0.2, 0.25) is 0 Å². The van der Waals surface area contributed by atoms with Crippen LogP contribution in [-0.2, 0) is 14.6 Å². The number of carboxylic acids is 1. The van der Waals surface area contributed by atoms with Crippen LogP contribution in [0.15, 0.2) is 0 Å². The average Bonchev–Trinajstić information content (AvgIpc) is 2.35.